The maximum atomic E-state index is 11.8. The van der Waals surface area contributed by atoms with Gasteiger partial charge in [0.2, 0.25) is 5.91 Å². The van der Waals surface area contributed by atoms with Gasteiger partial charge in [-0.25, -0.2) is 0 Å². The second-order valence-electron chi connectivity index (χ2n) is 4.57. The fourth-order valence-electron chi connectivity index (χ4n) is 2.78. The number of rotatable bonds is 1. The van der Waals surface area contributed by atoms with Crippen LogP contribution in [0.3, 0.4) is 0 Å². The van der Waals surface area contributed by atoms with E-state index in [2.05, 4.69) is 19.1 Å². The van der Waals surface area contributed by atoms with Crippen molar-refractivity contribution in [2.75, 3.05) is 14.1 Å². The minimum atomic E-state index is 0.255. The molecule has 2 unspecified atom stereocenters. The van der Waals surface area contributed by atoms with Crippen LogP contribution in [0.15, 0.2) is 12.2 Å². The largest absolute Gasteiger partial charge is 0.349 e. The molecule has 0 N–H and O–H groups in total. The van der Waals surface area contributed by atoms with E-state index in [4.69, 9.17) is 0 Å². The van der Waals surface area contributed by atoms with Gasteiger partial charge >= 0.3 is 0 Å². The molecule has 4 atom stereocenters. The molecule has 13 heavy (non-hydrogen) atoms. The van der Waals surface area contributed by atoms with E-state index in [0.717, 1.165) is 0 Å². The van der Waals surface area contributed by atoms with E-state index >= 15 is 0 Å². The highest BCUT2D eigenvalue weighted by atomic mass is 16.2. The average molecular weight is 179 g/mol. The summed E-state index contributed by atoms with van der Waals surface area (Å²) in [5.74, 6) is 2.30. The first-order valence-electron chi connectivity index (χ1n) is 5.00. The summed E-state index contributed by atoms with van der Waals surface area (Å²) in [5, 5.41) is 0. The number of carbonyl (C=O) groups is 1. The Bertz CT molecular complexity index is 257. The standard InChI is InChI=1S/C11H17NO/c1-7-8-4-5-9(6-8)10(7)11(13)12(2)3/h4-5,7-10H,6H2,1-3H3/t7-,8?,9?,10-/m1/s1. The van der Waals surface area contributed by atoms with Gasteiger partial charge in [-0.1, -0.05) is 19.1 Å². The van der Waals surface area contributed by atoms with Gasteiger partial charge in [-0.2, -0.15) is 0 Å². The van der Waals surface area contributed by atoms with Crippen molar-refractivity contribution in [1.82, 2.24) is 4.90 Å². The van der Waals surface area contributed by atoms with Crippen molar-refractivity contribution in [3.05, 3.63) is 12.2 Å². The second-order valence-corrected chi connectivity index (χ2v) is 4.57. The van der Waals surface area contributed by atoms with Crippen molar-refractivity contribution in [3.63, 3.8) is 0 Å². The Kier molecular flexibility index (Phi) is 1.94. The first-order chi connectivity index (χ1) is 6.11. The minimum Gasteiger partial charge on any atom is -0.349 e. The summed E-state index contributed by atoms with van der Waals surface area (Å²) >= 11 is 0. The molecule has 0 spiro atoms. The van der Waals surface area contributed by atoms with Crippen molar-refractivity contribution < 1.29 is 4.79 Å². The smallest absolute Gasteiger partial charge is 0.226 e. The third-order valence-corrected chi connectivity index (χ3v) is 3.58. The van der Waals surface area contributed by atoms with Crippen molar-refractivity contribution in [2.45, 2.75) is 13.3 Å². The summed E-state index contributed by atoms with van der Waals surface area (Å²) in [6, 6.07) is 0. The van der Waals surface area contributed by atoms with Gasteiger partial charge < -0.3 is 4.90 Å². The number of nitrogens with zero attached hydrogens (tertiary/aromatic N) is 1. The Morgan fingerprint density at radius 1 is 1.31 bits per heavy atom. The van der Waals surface area contributed by atoms with Crippen molar-refractivity contribution in [2.24, 2.45) is 23.7 Å². The van der Waals surface area contributed by atoms with E-state index < -0.39 is 0 Å². The lowest BCUT2D eigenvalue weighted by Crippen LogP contribution is -2.35. The third kappa shape index (κ3) is 1.19. The van der Waals surface area contributed by atoms with Gasteiger partial charge in [0.25, 0.3) is 0 Å². The van der Waals surface area contributed by atoms with Gasteiger partial charge in [0.1, 0.15) is 0 Å². The molecule has 1 amide bonds. The molecule has 2 nitrogen and oxygen atoms in total. The molecule has 2 rings (SSSR count). The van der Waals surface area contributed by atoms with Crippen LogP contribution in [0, 0.1) is 23.7 Å². The molecule has 2 bridgehead atoms. The third-order valence-electron chi connectivity index (χ3n) is 3.58. The zero-order chi connectivity index (χ0) is 9.59. The lowest BCUT2D eigenvalue weighted by Gasteiger charge is -2.26. The average Bonchev–Trinajstić information content (AvgIpc) is 2.62. The molecular formula is C11H17NO. The number of amides is 1. The molecule has 0 aromatic rings. The molecule has 2 aliphatic carbocycles. The fraction of sp³-hybridized carbons (Fsp3) is 0.727. The Labute approximate surface area is 79.6 Å². The molecule has 2 aliphatic rings. The molecule has 1 saturated carbocycles. The summed E-state index contributed by atoms with van der Waals surface area (Å²) in [5.41, 5.74) is 0. The predicted molar refractivity (Wildman–Crippen MR) is 52.1 cm³/mol. The zero-order valence-corrected chi connectivity index (χ0v) is 8.53. The van der Waals surface area contributed by atoms with Crippen LogP contribution < -0.4 is 0 Å². The number of fused-ring (bicyclic) bond motifs is 2. The number of carbonyl (C=O) groups excluding carboxylic acids is 1. The molecule has 2 heteroatoms. The van der Waals surface area contributed by atoms with Crippen LogP contribution in [0.5, 0.6) is 0 Å². The van der Waals surface area contributed by atoms with Crippen molar-refractivity contribution >= 4 is 5.91 Å². The molecule has 0 aromatic carbocycles. The maximum Gasteiger partial charge on any atom is 0.226 e. The molecule has 0 heterocycles. The summed E-state index contributed by atoms with van der Waals surface area (Å²) in [6.45, 7) is 2.21. The quantitative estimate of drug-likeness (QED) is 0.559. The van der Waals surface area contributed by atoms with Gasteiger partial charge in [-0.3, -0.25) is 4.79 Å². The highest BCUT2D eigenvalue weighted by Crippen LogP contribution is 2.48. The van der Waals surface area contributed by atoms with Gasteiger partial charge in [0.15, 0.2) is 0 Å². The maximum absolute atomic E-state index is 11.8. The zero-order valence-electron chi connectivity index (χ0n) is 8.53. The van der Waals surface area contributed by atoms with E-state index in [1.54, 1.807) is 4.90 Å². The Morgan fingerprint density at radius 3 is 2.38 bits per heavy atom. The van der Waals surface area contributed by atoms with Crippen LogP contribution in [0.1, 0.15) is 13.3 Å². The van der Waals surface area contributed by atoms with E-state index in [1.165, 1.54) is 6.42 Å². The van der Waals surface area contributed by atoms with Gasteiger partial charge in [-0.05, 0) is 24.2 Å². The van der Waals surface area contributed by atoms with Crippen molar-refractivity contribution in [3.8, 4) is 0 Å². The lowest BCUT2D eigenvalue weighted by atomic mass is 9.83. The van der Waals surface area contributed by atoms with Crippen LogP contribution in [0.2, 0.25) is 0 Å². The molecule has 72 valence electrons. The molecule has 1 fully saturated rings. The SMILES string of the molecule is C[C@@H]1C2C=CC(C2)[C@@H]1C(=O)N(C)C. The summed E-state index contributed by atoms with van der Waals surface area (Å²) < 4.78 is 0. The van der Waals surface area contributed by atoms with E-state index in [1.807, 2.05) is 14.1 Å². The summed E-state index contributed by atoms with van der Waals surface area (Å²) in [4.78, 5) is 13.6. The first kappa shape index (κ1) is 8.79. The monoisotopic (exact) mass is 179 g/mol. The fourth-order valence-corrected chi connectivity index (χ4v) is 2.78. The molecule has 0 aromatic heterocycles. The highest BCUT2D eigenvalue weighted by Gasteiger charge is 2.45. The molecule has 0 radical (unpaired) electrons. The number of hydrogen-bond acceptors (Lipinski definition) is 1. The van der Waals surface area contributed by atoms with Crippen molar-refractivity contribution in [1.29, 1.82) is 0 Å². The van der Waals surface area contributed by atoms with Gasteiger partial charge in [-0.15, -0.1) is 0 Å². The first-order valence-corrected chi connectivity index (χ1v) is 5.00. The molecular weight excluding hydrogens is 162 g/mol. The number of allylic oxidation sites excluding steroid dienone is 2. The van der Waals surface area contributed by atoms with Crippen LogP contribution in [-0.4, -0.2) is 24.9 Å². The van der Waals surface area contributed by atoms with E-state index in [9.17, 15) is 4.79 Å². The second kappa shape index (κ2) is 2.86. The van der Waals surface area contributed by atoms with E-state index in [0.29, 0.717) is 23.7 Å². The Morgan fingerprint density at radius 2 is 1.92 bits per heavy atom. The van der Waals surface area contributed by atoms with Crippen LogP contribution in [0.4, 0.5) is 0 Å². The minimum absolute atomic E-state index is 0.255. The van der Waals surface area contributed by atoms with Gasteiger partial charge in [0, 0.05) is 20.0 Å². The Hall–Kier alpha value is -0.790. The predicted octanol–water partition coefficient (Wildman–Crippen LogP) is 1.53. The summed E-state index contributed by atoms with van der Waals surface area (Å²) in [7, 11) is 3.70. The van der Waals surface area contributed by atoms with Gasteiger partial charge in [0.05, 0.1) is 0 Å². The molecule has 0 aliphatic heterocycles. The lowest BCUT2D eigenvalue weighted by molar-refractivity contribution is -0.135. The highest BCUT2D eigenvalue weighted by molar-refractivity contribution is 5.80. The normalized spacial score (nSPS) is 41.2. The topological polar surface area (TPSA) is 20.3 Å². The summed E-state index contributed by atoms with van der Waals surface area (Å²) in [6.07, 6.45) is 5.72. The number of hydrogen-bond donors (Lipinski definition) is 0. The van der Waals surface area contributed by atoms with E-state index in [-0.39, 0.29) is 5.92 Å². The van der Waals surface area contributed by atoms with Crippen LogP contribution in [0.25, 0.3) is 0 Å². The van der Waals surface area contributed by atoms with Crippen LogP contribution >= 0.6 is 0 Å². The van der Waals surface area contributed by atoms with Crippen LogP contribution in [-0.2, 0) is 4.79 Å². The Balaban J connectivity index is 2.17. The molecule has 0 saturated heterocycles.